The smallest absolute Gasteiger partial charge is 0.385 e. The number of aliphatic hydroxyl groups excluding tert-OH is 2. The van der Waals surface area contributed by atoms with E-state index in [1.54, 1.807) is 0 Å². The molecule has 0 saturated heterocycles. The molecule has 1 unspecified atom stereocenters. The lowest BCUT2D eigenvalue weighted by atomic mass is 10.1. The zero-order valence-electron chi connectivity index (χ0n) is 19.0. The van der Waals surface area contributed by atoms with Crippen molar-refractivity contribution in [3.8, 4) is 16.9 Å². The van der Waals surface area contributed by atoms with Crippen LogP contribution in [-0.2, 0) is 13.1 Å². The van der Waals surface area contributed by atoms with Gasteiger partial charge in [0.1, 0.15) is 17.6 Å². The molecule has 2 heterocycles. The van der Waals surface area contributed by atoms with Crippen LogP contribution in [0, 0.1) is 5.82 Å². The van der Waals surface area contributed by atoms with Gasteiger partial charge in [-0.25, -0.2) is 18.9 Å². The van der Waals surface area contributed by atoms with E-state index in [0.717, 1.165) is 19.9 Å². The fourth-order valence-corrected chi connectivity index (χ4v) is 3.92. The molecule has 0 bridgehead atoms. The van der Waals surface area contributed by atoms with Gasteiger partial charge in [0.2, 0.25) is 0 Å². The van der Waals surface area contributed by atoms with E-state index in [1.165, 1.54) is 49.5 Å². The lowest BCUT2D eigenvalue weighted by Gasteiger charge is -2.16. The van der Waals surface area contributed by atoms with Crippen LogP contribution in [0.1, 0.15) is 24.7 Å². The first kappa shape index (κ1) is 26.9. The van der Waals surface area contributed by atoms with Gasteiger partial charge in [0.05, 0.1) is 18.8 Å². The van der Waals surface area contributed by atoms with Crippen molar-refractivity contribution >= 4 is 23.2 Å². The highest BCUT2D eigenvalue weighted by Crippen LogP contribution is 2.26. The molecule has 0 fully saturated rings. The van der Waals surface area contributed by atoms with Crippen molar-refractivity contribution in [3.05, 3.63) is 86.7 Å². The minimum atomic E-state index is -4.95. The molecule has 196 valence electrons. The molecule has 0 aliphatic carbocycles. The minimum Gasteiger partial charge on any atom is -0.385 e. The van der Waals surface area contributed by atoms with Gasteiger partial charge in [0, 0.05) is 16.2 Å². The molecule has 2 aromatic carbocycles. The fourth-order valence-electron chi connectivity index (χ4n) is 3.63. The first-order chi connectivity index (χ1) is 17.3. The number of alkyl halides is 3. The first-order valence-electron chi connectivity index (χ1n) is 10.7. The summed E-state index contributed by atoms with van der Waals surface area (Å²) in [6.07, 6.45) is -7.64. The topological polar surface area (TPSA) is 98.1 Å². The molecule has 4 aromatic rings. The van der Waals surface area contributed by atoms with Crippen molar-refractivity contribution in [2.24, 2.45) is 0 Å². The van der Waals surface area contributed by atoms with Crippen LogP contribution >= 0.6 is 23.2 Å². The van der Waals surface area contributed by atoms with Gasteiger partial charge >= 0.3 is 11.9 Å². The van der Waals surface area contributed by atoms with E-state index in [4.69, 9.17) is 23.2 Å². The maximum absolute atomic E-state index is 14.5. The van der Waals surface area contributed by atoms with Crippen LogP contribution < -0.4 is 5.69 Å². The fraction of sp³-hybridized carbons (Fsp3) is 0.261. The van der Waals surface area contributed by atoms with E-state index >= 15 is 0 Å². The van der Waals surface area contributed by atoms with Gasteiger partial charge in [-0.2, -0.15) is 13.2 Å². The van der Waals surface area contributed by atoms with E-state index in [2.05, 4.69) is 10.1 Å². The third-order valence-electron chi connectivity index (χ3n) is 5.42. The van der Waals surface area contributed by atoms with Crippen LogP contribution in [0.3, 0.4) is 0 Å². The summed E-state index contributed by atoms with van der Waals surface area (Å²) in [5.41, 5.74) is -0.515. The van der Waals surface area contributed by atoms with Crippen molar-refractivity contribution in [3.63, 3.8) is 0 Å². The average molecular weight is 560 g/mol. The van der Waals surface area contributed by atoms with Crippen LogP contribution in [-0.4, -0.2) is 46.4 Å². The molecular formula is C23H19Cl2F4N5O3. The minimum absolute atomic E-state index is 0.0337. The van der Waals surface area contributed by atoms with Crippen molar-refractivity contribution < 1.29 is 27.8 Å². The second-order valence-corrected chi connectivity index (χ2v) is 9.04. The molecule has 2 atom stereocenters. The molecule has 0 amide bonds. The number of halogens is 6. The van der Waals surface area contributed by atoms with Gasteiger partial charge in [0.15, 0.2) is 17.8 Å². The van der Waals surface area contributed by atoms with Crippen LogP contribution in [0.4, 0.5) is 17.6 Å². The summed E-state index contributed by atoms with van der Waals surface area (Å²) in [4.78, 5) is 17.3. The first-order valence-corrected chi connectivity index (χ1v) is 11.5. The Morgan fingerprint density at radius 3 is 2.32 bits per heavy atom. The van der Waals surface area contributed by atoms with Crippen LogP contribution in [0.2, 0.25) is 10.0 Å². The maximum Gasteiger partial charge on any atom is 0.416 e. The summed E-state index contributed by atoms with van der Waals surface area (Å²) in [5.74, 6) is -0.778. The Labute approximate surface area is 216 Å². The van der Waals surface area contributed by atoms with Gasteiger partial charge in [-0.15, -0.1) is 5.10 Å². The molecule has 2 aromatic heterocycles. The third-order valence-corrected chi connectivity index (χ3v) is 5.90. The number of imidazole rings is 1. The summed E-state index contributed by atoms with van der Waals surface area (Å²) >= 11 is 11.9. The Bertz CT molecular complexity index is 1480. The number of hydrogen-bond acceptors (Lipinski definition) is 5. The molecular weight excluding hydrogens is 541 g/mol. The molecule has 0 saturated carbocycles. The van der Waals surface area contributed by atoms with Gasteiger partial charge in [-0.1, -0.05) is 35.3 Å². The number of nitrogens with zero attached hydrogens (tertiary/aromatic N) is 5. The largest absolute Gasteiger partial charge is 0.416 e. The average Bonchev–Trinajstić information content (AvgIpc) is 3.38. The molecule has 0 aliphatic heterocycles. The van der Waals surface area contributed by atoms with Crippen molar-refractivity contribution in [2.45, 2.75) is 38.4 Å². The van der Waals surface area contributed by atoms with E-state index in [1.807, 2.05) is 0 Å². The highest BCUT2D eigenvalue weighted by Gasteiger charge is 2.39. The summed E-state index contributed by atoms with van der Waals surface area (Å²) < 4.78 is 56.6. The Kier molecular flexibility index (Phi) is 7.47. The number of benzene rings is 2. The quantitative estimate of drug-likeness (QED) is 0.328. The molecule has 4 rings (SSSR count). The predicted molar refractivity (Wildman–Crippen MR) is 127 cm³/mol. The summed E-state index contributed by atoms with van der Waals surface area (Å²) in [6, 6.07) is 9.75. The highest BCUT2D eigenvalue weighted by atomic mass is 35.5. The van der Waals surface area contributed by atoms with Crippen molar-refractivity contribution in [1.29, 1.82) is 0 Å². The van der Waals surface area contributed by atoms with E-state index in [9.17, 15) is 32.6 Å². The number of aromatic nitrogens is 5. The summed E-state index contributed by atoms with van der Waals surface area (Å²) in [6.45, 7) is -0.00217. The molecule has 0 aliphatic rings. The molecule has 37 heavy (non-hydrogen) atoms. The summed E-state index contributed by atoms with van der Waals surface area (Å²) in [7, 11) is 0. The Hall–Kier alpha value is -3.19. The molecule has 8 nitrogen and oxygen atoms in total. The third kappa shape index (κ3) is 5.72. The van der Waals surface area contributed by atoms with Gasteiger partial charge < -0.3 is 10.2 Å². The zero-order valence-corrected chi connectivity index (χ0v) is 20.5. The lowest BCUT2D eigenvalue weighted by molar-refractivity contribution is -0.207. The van der Waals surface area contributed by atoms with E-state index < -0.39 is 36.4 Å². The van der Waals surface area contributed by atoms with Crippen molar-refractivity contribution in [1.82, 2.24) is 23.9 Å². The van der Waals surface area contributed by atoms with E-state index in [0.29, 0.717) is 10.6 Å². The molecule has 14 heteroatoms. The summed E-state index contributed by atoms with van der Waals surface area (Å²) in [5, 5.41) is 24.6. The van der Waals surface area contributed by atoms with Gasteiger partial charge in [-0.3, -0.25) is 9.13 Å². The van der Waals surface area contributed by atoms with Crippen LogP contribution in [0.5, 0.6) is 0 Å². The zero-order chi connectivity index (χ0) is 27.1. The Morgan fingerprint density at radius 1 is 1.05 bits per heavy atom. The van der Waals surface area contributed by atoms with Crippen molar-refractivity contribution in [2.75, 3.05) is 0 Å². The molecule has 0 spiro atoms. The van der Waals surface area contributed by atoms with Gasteiger partial charge in [-0.05, 0) is 42.8 Å². The standard InChI is InChI=1S/C23H19Cl2F4N5O3/c1-12(35)21-30-20(31-34(21)17-8-15(25)6-7-16(17)26)11-32-9-18(13-2-4-14(24)5-3-13)33(22(32)37)10-19(36)23(27,28)29/h2-9,12,19,35-36H,10-11H2,1H3/t12-,19?/m0/s1. The van der Waals surface area contributed by atoms with Crippen LogP contribution in [0.25, 0.3) is 16.9 Å². The predicted octanol–water partition coefficient (Wildman–Crippen LogP) is 4.37. The Morgan fingerprint density at radius 2 is 1.70 bits per heavy atom. The van der Waals surface area contributed by atoms with Gasteiger partial charge in [0.25, 0.3) is 0 Å². The van der Waals surface area contributed by atoms with E-state index in [-0.39, 0.29) is 34.6 Å². The molecule has 2 N–H and O–H groups in total. The SMILES string of the molecule is C[C@H](O)c1nc(Cn2cc(-c3ccc(Cl)cc3)n(CC(O)C(F)(F)F)c2=O)nn1-c1cc(Cl)ccc1F. The maximum atomic E-state index is 14.5. The number of hydrogen-bond donors (Lipinski definition) is 2. The normalized spacial score (nSPS) is 13.6. The van der Waals surface area contributed by atoms with Crippen LogP contribution in [0.15, 0.2) is 53.5 Å². The number of aliphatic hydroxyl groups is 2. The Balaban J connectivity index is 1.79. The second-order valence-electron chi connectivity index (χ2n) is 8.17. The lowest BCUT2D eigenvalue weighted by Crippen LogP contribution is -2.37. The second kappa shape index (κ2) is 10.3. The molecule has 0 radical (unpaired) electrons. The highest BCUT2D eigenvalue weighted by molar-refractivity contribution is 6.31. The number of rotatable bonds is 7. The monoisotopic (exact) mass is 559 g/mol.